The highest BCUT2D eigenvalue weighted by molar-refractivity contribution is 5.79. The highest BCUT2D eigenvalue weighted by atomic mass is 16.5. The molecule has 1 aromatic carbocycles. The van der Waals surface area contributed by atoms with Crippen molar-refractivity contribution in [1.29, 1.82) is 0 Å². The maximum atomic E-state index is 13.0. The number of amides is 1. The summed E-state index contributed by atoms with van der Waals surface area (Å²) in [7, 11) is 0. The van der Waals surface area contributed by atoms with Crippen molar-refractivity contribution in [2.45, 2.75) is 32.0 Å². The Morgan fingerprint density at radius 2 is 2.00 bits per heavy atom. The van der Waals surface area contributed by atoms with Gasteiger partial charge in [0.15, 0.2) is 0 Å². The van der Waals surface area contributed by atoms with Crippen LogP contribution in [-0.2, 0) is 22.7 Å². The summed E-state index contributed by atoms with van der Waals surface area (Å²) in [5.41, 5.74) is 0.829. The number of carbonyl (C=O) groups is 1. The highest BCUT2D eigenvalue weighted by Gasteiger charge is 2.44. The summed E-state index contributed by atoms with van der Waals surface area (Å²) in [5.74, 6) is 1.77. The second-order valence-corrected chi connectivity index (χ2v) is 8.51. The zero-order valence-electron chi connectivity index (χ0n) is 17.2. The first-order valence-electron chi connectivity index (χ1n) is 10.9. The number of benzene rings is 1. The topological polar surface area (TPSA) is 72.7 Å². The molecule has 4 aliphatic heterocycles. The quantitative estimate of drug-likeness (QED) is 0.716. The van der Waals surface area contributed by atoms with E-state index in [2.05, 4.69) is 15.2 Å². The fraction of sp³-hybridized carbons (Fsp3) is 0.591. The Morgan fingerprint density at radius 1 is 1.17 bits per heavy atom. The van der Waals surface area contributed by atoms with Crippen LogP contribution in [0.25, 0.3) is 0 Å². The lowest BCUT2D eigenvalue weighted by Gasteiger charge is -2.50. The Balaban J connectivity index is 1.16. The standard InChI is InChI=1S/C22H29N5O3/c28-22(25-8-10-29-11-9-25)21-15-26-7-6-17(21)12-19(26)14-27-13-18(23-24-27)16-30-20-4-2-1-3-5-20/h1-5,13,17,19,21H,6-12,14-16H2. The van der Waals surface area contributed by atoms with E-state index >= 15 is 0 Å². The fourth-order valence-corrected chi connectivity index (χ4v) is 5.01. The van der Waals surface area contributed by atoms with Crippen LogP contribution in [0.15, 0.2) is 36.5 Å². The minimum atomic E-state index is 0.138. The summed E-state index contributed by atoms with van der Waals surface area (Å²) >= 11 is 0. The molecule has 4 unspecified atom stereocenters. The van der Waals surface area contributed by atoms with Gasteiger partial charge in [-0.05, 0) is 37.4 Å². The third-order valence-corrected chi connectivity index (χ3v) is 6.63. The summed E-state index contributed by atoms with van der Waals surface area (Å²) in [5, 5.41) is 8.56. The van der Waals surface area contributed by atoms with Gasteiger partial charge in [-0.3, -0.25) is 14.4 Å². The van der Waals surface area contributed by atoms with Crippen LogP contribution in [0.3, 0.4) is 0 Å². The average Bonchev–Trinajstić information content (AvgIpc) is 3.26. The van der Waals surface area contributed by atoms with Gasteiger partial charge < -0.3 is 14.4 Å². The van der Waals surface area contributed by atoms with Crippen LogP contribution in [0, 0.1) is 11.8 Å². The lowest BCUT2D eigenvalue weighted by atomic mass is 9.75. The molecule has 0 radical (unpaired) electrons. The number of hydrogen-bond acceptors (Lipinski definition) is 6. The van der Waals surface area contributed by atoms with Crippen LogP contribution in [-0.4, -0.2) is 76.1 Å². The Bertz CT molecular complexity index is 851. The molecule has 4 fully saturated rings. The number of carbonyl (C=O) groups excluding carboxylic acids is 1. The number of hydrogen-bond donors (Lipinski definition) is 0. The van der Waals surface area contributed by atoms with Crippen molar-refractivity contribution in [1.82, 2.24) is 24.8 Å². The molecule has 1 amide bonds. The van der Waals surface area contributed by atoms with E-state index in [-0.39, 0.29) is 5.92 Å². The maximum absolute atomic E-state index is 13.0. The molecule has 4 atom stereocenters. The molecule has 30 heavy (non-hydrogen) atoms. The predicted octanol–water partition coefficient (Wildman–Crippen LogP) is 1.43. The third-order valence-electron chi connectivity index (χ3n) is 6.63. The molecule has 4 saturated heterocycles. The van der Waals surface area contributed by atoms with Crippen molar-refractivity contribution in [3.8, 4) is 5.75 Å². The second kappa shape index (κ2) is 8.73. The van der Waals surface area contributed by atoms with Crippen molar-refractivity contribution in [3.63, 3.8) is 0 Å². The van der Waals surface area contributed by atoms with Gasteiger partial charge in [0.25, 0.3) is 0 Å². The van der Waals surface area contributed by atoms with E-state index in [1.54, 1.807) is 0 Å². The number of morpholine rings is 1. The second-order valence-electron chi connectivity index (χ2n) is 8.51. The Hall–Kier alpha value is -2.45. The smallest absolute Gasteiger partial charge is 0.227 e. The van der Waals surface area contributed by atoms with Crippen molar-refractivity contribution in [2.24, 2.45) is 11.8 Å². The van der Waals surface area contributed by atoms with Crippen LogP contribution < -0.4 is 4.74 Å². The number of ether oxygens (including phenoxy) is 2. The van der Waals surface area contributed by atoms with Crippen LogP contribution in [0.2, 0.25) is 0 Å². The largest absolute Gasteiger partial charge is 0.487 e. The van der Waals surface area contributed by atoms with Gasteiger partial charge in [0.2, 0.25) is 5.91 Å². The first-order chi connectivity index (χ1) is 14.8. The lowest BCUT2D eigenvalue weighted by Crippen LogP contribution is -2.59. The number of aromatic nitrogens is 3. The highest BCUT2D eigenvalue weighted by Crippen LogP contribution is 2.37. The van der Waals surface area contributed by atoms with E-state index in [1.807, 2.05) is 46.1 Å². The average molecular weight is 412 g/mol. The summed E-state index contributed by atoms with van der Waals surface area (Å²) < 4.78 is 13.1. The van der Waals surface area contributed by atoms with E-state index in [9.17, 15) is 4.79 Å². The van der Waals surface area contributed by atoms with Gasteiger partial charge in [-0.15, -0.1) is 5.10 Å². The van der Waals surface area contributed by atoms with Gasteiger partial charge in [0.1, 0.15) is 18.1 Å². The molecule has 8 heteroatoms. The molecule has 2 aromatic rings. The predicted molar refractivity (Wildman–Crippen MR) is 110 cm³/mol. The van der Waals surface area contributed by atoms with E-state index in [1.165, 1.54) is 0 Å². The van der Waals surface area contributed by atoms with Crippen LogP contribution in [0.5, 0.6) is 5.75 Å². The molecular formula is C22H29N5O3. The summed E-state index contributed by atoms with van der Waals surface area (Å²) in [4.78, 5) is 17.5. The van der Waals surface area contributed by atoms with Gasteiger partial charge >= 0.3 is 0 Å². The van der Waals surface area contributed by atoms with Gasteiger partial charge in [-0.25, -0.2) is 0 Å². The molecule has 0 N–H and O–H groups in total. The van der Waals surface area contributed by atoms with Crippen LogP contribution in [0.4, 0.5) is 0 Å². The molecule has 8 nitrogen and oxygen atoms in total. The normalized spacial score (nSPS) is 28.5. The first-order valence-corrected chi connectivity index (χ1v) is 10.9. The molecule has 5 heterocycles. The molecule has 0 saturated carbocycles. The fourth-order valence-electron chi connectivity index (χ4n) is 5.01. The zero-order valence-corrected chi connectivity index (χ0v) is 17.2. The Kier molecular flexibility index (Phi) is 5.68. The molecule has 4 aliphatic rings. The molecule has 2 bridgehead atoms. The SMILES string of the molecule is O=C(C1CN2CCC1CC2Cn1cc(COc2ccccc2)nn1)N1CCOCC1. The third kappa shape index (κ3) is 4.20. The molecule has 1 aromatic heterocycles. The zero-order chi connectivity index (χ0) is 20.3. The molecule has 0 spiro atoms. The Labute approximate surface area is 176 Å². The minimum absolute atomic E-state index is 0.138. The number of rotatable bonds is 6. The molecule has 160 valence electrons. The van der Waals surface area contributed by atoms with Crippen molar-refractivity contribution in [3.05, 3.63) is 42.2 Å². The van der Waals surface area contributed by atoms with Crippen molar-refractivity contribution >= 4 is 5.91 Å². The molecule has 0 aliphatic carbocycles. The van der Waals surface area contributed by atoms with Gasteiger partial charge in [0, 0.05) is 25.7 Å². The monoisotopic (exact) mass is 411 g/mol. The number of nitrogens with zero attached hydrogens (tertiary/aromatic N) is 5. The molecular weight excluding hydrogens is 382 g/mol. The van der Waals surface area contributed by atoms with E-state index < -0.39 is 0 Å². The van der Waals surface area contributed by atoms with Crippen LogP contribution >= 0.6 is 0 Å². The van der Waals surface area contributed by atoms with Gasteiger partial charge in [-0.1, -0.05) is 23.4 Å². The van der Waals surface area contributed by atoms with Gasteiger partial charge in [-0.2, -0.15) is 0 Å². The van der Waals surface area contributed by atoms with E-state index in [0.717, 1.165) is 57.0 Å². The summed E-state index contributed by atoms with van der Waals surface area (Å²) in [6, 6.07) is 10.2. The van der Waals surface area contributed by atoms with Crippen molar-refractivity contribution in [2.75, 3.05) is 39.4 Å². The number of para-hydroxylation sites is 1. The number of piperidine rings is 3. The van der Waals surface area contributed by atoms with Crippen LogP contribution in [0.1, 0.15) is 18.5 Å². The summed E-state index contributed by atoms with van der Waals surface area (Å²) in [6.45, 7) is 5.96. The van der Waals surface area contributed by atoms with Gasteiger partial charge in [0.05, 0.1) is 31.9 Å². The van der Waals surface area contributed by atoms with Crippen molar-refractivity contribution < 1.29 is 14.3 Å². The lowest BCUT2D eigenvalue weighted by molar-refractivity contribution is -0.148. The minimum Gasteiger partial charge on any atom is -0.487 e. The molecule has 6 rings (SSSR count). The van der Waals surface area contributed by atoms with E-state index in [0.29, 0.717) is 37.7 Å². The number of fused-ring (bicyclic) bond motifs is 3. The maximum Gasteiger partial charge on any atom is 0.227 e. The first kappa shape index (κ1) is 19.5. The van der Waals surface area contributed by atoms with E-state index in [4.69, 9.17) is 9.47 Å². The Morgan fingerprint density at radius 3 is 2.77 bits per heavy atom. The summed E-state index contributed by atoms with van der Waals surface area (Å²) in [6.07, 6.45) is 4.14.